The van der Waals surface area contributed by atoms with Gasteiger partial charge in [0.05, 0.1) is 22.2 Å². The highest BCUT2D eigenvalue weighted by atomic mass is 32.2. The van der Waals surface area contributed by atoms with Crippen LogP contribution in [-0.4, -0.2) is 19.2 Å². The Morgan fingerprint density at radius 3 is 2.32 bits per heavy atom. The van der Waals surface area contributed by atoms with E-state index >= 15 is 0 Å². The topological polar surface area (TPSA) is 55.7 Å². The van der Waals surface area contributed by atoms with Gasteiger partial charge in [-0.1, -0.05) is 48.2 Å². The lowest BCUT2D eigenvalue weighted by Crippen LogP contribution is -2.02. The Morgan fingerprint density at radius 1 is 0.857 bits per heavy atom. The number of aromatic nitrogens is 3. The first-order valence-corrected chi connectivity index (χ1v) is 10.9. The minimum atomic E-state index is -1.17. The van der Waals surface area contributed by atoms with Crippen LogP contribution in [0.2, 0.25) is 0 Å². The van der Waals surface area contributed by atoms with Gasteiger partial charge < -0.3 is 0 Å². The Labute approximate surface area is 170 Å². The minimum absolute atomic E-state index is 0.335. The largest absolute Gasteiger partial charge is 0.264 e. The van der Waals surface area contributed by atoms with Crippen molar-refractivity contribution < 1.29 is 4.21 Å². The lowest BCUT2D eigenvalue weighted by atomic mass is 10.2. The van der Waals surface area contributed by atoms with Crippen LogP contribution in [0.3, 0.4) is 0 Å². The molecule has 4 aromatic rings. The smallest absolute Gasteiger partial charge is 0.162 e. The molecule has 1 atom stereocenters. The molecule has 0 fully saturated rings. The summed E-state index contributed by atoms with van der Waals surface area (Å²) < 4.78 is 12.8. The van der Waals surface area contributed by atoms with E-state index < -0.39 is 10.8 Å². The molecule has 0 bridgehead atoms. The van der Waals surface area contributed by atoms with E-state index in [1.807, 2.05) is 78.9 Å². The normalized spacial score (nSPS) is 11.9. The minimum Gasteiger partial charge on any atom is -0.264 e. The third kappa shape index (κ3) is 4.71. The van der Waals surface area contributed by atoms with Crippen LogP contribution >= 0.6 is 11.8 Å². The molecule has 4 nitrogen and oxygen atoms in total. The molecule has 0 saturated heterocycles. The molecule has 0 aliphatic carbocycles. The molecule has 0 spiro atoms. The predicted molar refractivity (Wildman–Crippen MR) is 112 cm³/mol. The maximum atomic E-state index is 12.8. The SMILES string of the molecule is O=[S@@](Cc1cc(Sc2ccccc2)nc(-c2cccnc2)n1)c1ccccc1. The quantitative estimate of drug-likeness (QED) is 0.424. The molecule has 138 valence electrons. The highest BCUT2D eigenvalue weighted by molar-refractivity contribution is 7.99. The molecule has 0 unspecified atom stereocenters. The van der Waals surface area contributed by atoms with Crippen molar-refractivity contribution in [2.75, 3.05) is 0 Å². The second kappa shape index (κ2) is 8.91. The summed E-state index contributed by atoms with van der Waals surface area (Å²) in [6.07, 6.45) is 3.46. The zero-order valence-corrected chi connectivity index (χ0v) is 16.6. The van der Waals surface area contributed by atoms with Gasteiger partial charge in [0.25, 0.3) is 0 Å². The second-order valence-electron chi connectivity index (χ2n) is 5.98. The van der Waals surface area contributed by atoms with E-state index in [1.54, 1.807) is 24.2 Å². The molecular formula is C22H17N3OS2. The number of hydrogen-bond donors (Lipinski definition) is 0. The molecule has 4 rings (SSSR count). The Balaban J connectivity index is 1.68. The standard InChI is InChI=1S/C22H17N3OS2/c26-28(20-11-5-2-6-12-20)16-18-14-21(27-19-9-3-1-4-10-19)25-22(24-18)17-8-7-13-23-15-17/h1-15H,16H2/t28-/m0/s1. The van der Waals surface area contributed by atoms with Crippen LogP contribution in [-0.2, 0) is 16.6 Å². The number of hydrogen-bond acceptors (Lipinski definition) is 5. The van der Waals surface area contributed by atoms with E-state index in [4.69, 9.17) is 4.98 Å². The summed E-state index contributed by atoms with van der Waals surface area (Å²) in [6, 6.07) is 25.2. The van der Waals surface area contributed by atoms with Gasteiger partial charge in [0, 0.05) is 27.7 Å². The summed E-state index contributed by atoms with van der Waals surface area (Å²) in [7, 11) is -1.17. The first kappa shape index (κ1) is 18.5. The maximum absolute atomic E-state index is 12.8. The summed E-state index contributed by atoms with van der Waals surface area (Å²) in [5.74, 6) is 0.927. The van der Waals surface area contributed by atoms with Gasteiger partial charge in [0.2, 0.25) is 0 Å². The lowest BCUT2D eigenvalue weighted by Gasteiger charge is -2.08. The van der Waals surface area contributed by atoms with Crippen molar-refractivity contribution in [2.45, 2.75) is 20.6 Å². The Kier molecular flexibility index (Phi) is 5.89. The van der Waals surface area contributed by atoms with Crippen molar-refractivity contribution in [2.24, 2.45) is 0 Å². The van der Waals surface area contributed by atoms with E-state index in [2.05, 4.69) is 9.97 Å². The highest BCUT2D eigenvalue weighted by Gasteiger charge is 2.12. The van der Waals surface area contributed by atoms with Crippen molar-refractivity contribution in [1.82, 2.24) is 15.0 Å². The molecule has 6 heteroatoms. The molecule has 0 saturated carbocycles. The predicted octanol–water partition coefficient (Wildman–Crippen LogP) is 5.00. The zero-order chi connectivity index (χ0) is 19.2. The molecule has 0 radical (unpaired) electrons. The lowest BCUT2D eigenvalue weighted by molar-refractivity contribution is 0.682. The second-order valence-corrected chi connectivity index (χ2v) is 8.53. The number of rotatable bonds is 6. The van der Waals surface area contributed by atoms with Crippen molar-refractivity contribution in [3.63, 3.8) is 0 Å². The Hall–Kier alpha value is -2.83. The van der Waals surface area contributed by atoms with Crippen molar-refractivity contribution >= 4 is 22.6 Å². The van der Waals surface area contributed by atoms with Gasteiger partial charge in [0.15, 0.2) is 5.82 Å². The van der Waals surface area contributed by atoms with E-state index in [9.17, 15) is 4.21 Å². The highest BCUT2D eigenvalue weighted by Crippen LogP contribution is 2.28. The number of benzene rings is 2. The van der Waals surface area contributed by atoms with E-state index in [0.717, 1.165) is 26.1 Å². The van der Waals surface area contributed by atoms with Gasteiger partial charge in [-0.05, 0) is 42.5 Å². The van der Waals surface area contributed by atoms with Crippen LogP contribution in [0.5, 0.6) is 0 Å². The fourth-order valence-corrected chi connectivity index (χ4v) is 4.53. The van der Waals surface area contributed by atoms with Crippen LogP contribution in [0.25, 0.3) is 11.4 Å². The summed E-state index contributed by atoms with van der Waals surface area (Å²) in [6.45, 7) is 0. The number of pyridine rings is 1. The maximum Gasteiger partial charge on any atom is 0.162 e. The van der Waals surface area contributed by atoms with Gasteiger partial charge in [-0.2, -0.15) is 0 Å². The zero-order valence-electron chi connectivity index (χ0n) is 14.9. The molecule has 0 N–H and O–H groups in total. The summed E-state index contributed by atoms with van der Waals surface area (Å²) in [4.78, 5) is 15.4. The van der Waals surface area contributed by atoms with E-state index in [0.29, 0.717) is 11.6 Å². The average molecular weight is 404 g/mol. The molecule has 2 aromatic carbocycles. The Bertz CT molecular complexity index is 1070. The van der Waals surface area contributed by atoms with Crippen LogP contribution in [0.4, 0.5) is 0 Å². The summed E-state index contributed by atoms with van der Waals surface area (Å²) >= 11 is 1.56. The van der Waals surface area contributed by atoms with Gasteiger partial charge >= 0.3 is 0 Å². The molecule has 2 heterocycles. The van der Waals surface area contributed by atoms with E-state index in [-0.39, 0.29) is 0 Å². The fourth-order valence-electron chi connectivity index (χ4n) is 2.62. The average Bonchev–Trinajstić information content (AvgIpc) is 2.75. The third-order valence-corrected chi connectivity index (χ3v) is 6.21. The van der Waals surface area contributed by atoms with Gasteiger partial charge in [-0.15, -0.1) is 0 Å². The van der Waals surface area contributed by atoms with Crippen molar-refractivity contribution in [1.29, 1.82) is 0 Å². The van der Waals surface area contributed by atoms with Crippen LogP contribution < -0.4 is 0 Å². The van der Waals surface area contributed by atoms with Crippen LogP contribution in [0.15, 0.2) is 106 Å². The van der Waals surface area contributed by atoms with Gasteiger partial charge in [-0.3, -0.25) is 9.19 Å². The summed E-state index contributed by atoms with van der Waals surface area (Å²) in [5.41, 5.74) is 1.58. The molecule has 0 aliphatic heterocycles. The molecule has 0 aliphatic rings. The molecular weight excluding hydrogens is 386 g/mol. The van der Waals surface area contributed by atoms with Crippen LogP contribution in [0, 0.1) is 0 Å². The first-order chi connectivity index (χ1) is 13.8. The fraction of sp³-hybridized carbons (Fsp3) is 0.0455. The van der Waals surface area contributed by atoms with Crippen molar-refractivity contribution in [3.8, 4) is 11.4 Å². The first-order valence-electron chi connectivity index (χ1n) is 8.72. The monoisotopic (exact) mass is 403 g/mol. The third-order valence-electron chi connectivity index (χ3n) is 3.93. The van der Waals surface area contributed by atoms with Crippen molar-refractivity contribution in [3.05, 3.63) is 97.0 Å². The van der Waals surface area contributed by atoms with Crippen LogP contribution in [0.1, 0.15) is 5.69 Å². The van der Waals surface area contributed by atoms with Gasteiger partial charge in [0.1, 0.15) is 5.03 Å². The van der Waals surface area contributed by atoms with E-state index in [1.165, 1.54) is 0 Å². The Morgan fingerprint density at radius 2 is 1.61 bits per heavy atom. The molecule has 2 aromatic heterocycles. The number of nitrogens with zero attached hydrogens (tertiary/aromatic N) is 3. The molecule has 28 heavy (non-hydrogen) atoms. The molecule has 0 amide bonds. The summed E-state index contributed by atoms with van der Waals surface area (Å²) in [5, 5.41) is 0.820. The van der Waals surface area contributed by atoms with Gasteiger partial charge in [-0.25, -0.2) is 9.97 Å².